The molecule has 2 rings (SSSR count). The molecule has 1 aliphatic carbocycles. The predicted molar refractivity (Wildman–Crippen MR) is 71.2 cm³/mol. The summed E-state index contributed by atoms with van der Waals surface area (Å²) in [5, 5.41) is 8.66. The molecule has 1 fully saturated rings. The zero-order chi connectivity index (χ0) is 13.6. The van der Waals surface area contributed by atoms with Crippen LogP contribution in [0.4, 0.5) is 0 Å². The van der Waals surface area contributed by atoms with Crippen LogP contribution in [0.5, 0.6) is 0 Å². The van der Waals surface area contributed by atoms with Crippen molar-refractivity contribution < 1.29 is 13.5 Å². The highest BCUT2D eigenvalue weighted by molar-refractivity contribution is 7.91. The molecule has 0 aliphatic heterocycles. The number of sulfone groups is 1. The molecule has 1 aromatic rings. The van der Waals surface area contributed by atoms with Gasteiger partial charge in [-0.2, -0.15) is 0 Å². The maximum atomic E-state index is 11.7. The fourth-order valence-electron chi connectivity index (χ4n) is 2.70. The summed E-state index contributed by atoms with van der Waals surface area (Å²) in [6, 6.07) is 7.77. The molecule has 100 valence electrons. The molecule has 0 amide bonds. The first-order valence-electron chi connectivity index (χ1n) is 6.02. The molecule has 0 radical (unpaired) electrons. The summed E-state index contributed by atoms with van der Waals surface area (Å²) < 4.78 is 23.4. The first-order valence-corrected chi connectivity index (χ1v) is 7.97. The van der Waals surface area contributed by atoms with E-state index in [1.807, 2.05) is 24.3 Å². The van der Waals surface area contributed by atoms with E-state index < -0.39 is 20.6 Å². The molecule has 0 saturated heterocycles. The zero-order valence-electron chi connectivity index (χ0n) is 10.6. The Morgan fingerprint density at radius 1 is 1.33 bits per heavy atom. The lowest BCUT2D eigenvalue weighted by Gasteiger charge is -2.07. The Balaban J connectivity index is 2.33. The molecule has 4 nitrogen and oxygen atoms in total. The van der Waals surface area contributed by atoms with Gasteiger partial charge in [-0.3, -0.25) is 0 Å². The largest absolute Gasteiger partial charge is 0.394 e. The summed E-state index contributed by atoms with van der Waals surface area (Å²) in [6.07, 6.45) is 2.11. The first kappa shape index (κ1) is 13.5. The van der Waals surface area contributed by atoms with Crippen LogP contribution in [0.3, 0.4) is 0 Å². The van der Waals surface area contributed by atoms with Gasteiger partial charge in [0.05, 0.1) is 17.4 Å². The van der Waals surface area contributed by atoms with E-state index >= 15 is 0 Å². The van der Waals surface area contributed by atoms with E-state index in [1.54, 1.807) is 0 Å². The van der Waals surface area contributed by atoms with Crippen molar-refractivity contribution in [3.63, 3.8) is 0 Å². The Hall–Kier alpha value is -0.910. The number of aryl methyl sites for hydroxylation is 1. The second-order valence-corrected chi connectivity index (χ2v) is 7.26. The molecule has 0 aromatic heterocycles. The van der Waals surface area contributed by atoms with E-state index in [1.165, 1.54) is 11.8 Å². The van der Waals surface area contributed by atoms with Crippen LogP contribution in [0.2, 0.25) is 0 Å². The number of hydrogen-bond acceptors (Lipinski definition) is 4. The lowest BCUT2D eigenvalue weighted by Crippen LogP contribution is -2.34. The lowest BCUT2D eigenvalue weighted by molar-refractivity contribution is 0.253. The van der Waals surface area contributed by atoms with Crippen LogP contribution < -0.4 is 5.73 Å². The number of aliphatic hydroxyl groups is 1. The molecule has 0 bridgehead atoms. The normalized spacial score (nSPS) is 31.3. The van der Waals surface area contributed by atoms with Crippen LogP contribution >= 0.6 is 0 Å². The summed E-state index contributed by atoms with van der Waals surface area (Å²) in [5.41, 5.74) is 7.05. The van der Waals surface area contributed by atoms with Crippen molar-refractivity contribution in [3.05, 3.63) is 35.4 Å². The van der Waals surface area contributed by atoms with Gasteiger partial charge in [-0.1, -0.05) is 31.2 Å². The van der Waals surface area contributed by atoms with E-state index in [2.05, 4.69) is 6.92 Å². The van der Waals surface area contributed by atoms with E-state index in [4.69, 9.17) is 5.73 Å². The summed E-state index contributed by atoms with van der Waals surface area (Å²) in [5.74, 6) is -0.302. The van der Waals surface area contributed by atoms with Crippen molar-refractivity contribution in [2.45, 2.75) is 30.1 Å². The van der Waals surface area contributed by atoms with Gasteiger partial charge in [-0.15, -0.1) is 0 Å². The van der Waals surface area contributed by atoms with E-state index in [0.717, 1.165) is 12.0 Å². The van der Waals surface area contributed by atoms with Gasteiger partial charge in [0, 0.05) is 12.2 Å². The smallest absolute Gasteiger partial charge is 0.152 e. The molecule has 0 heterocycles. The van der Waals surface area contributed by atoms with Crippen molar-refractivity contribution >= 4 is 9.84 Å². The summed E-state index contributed by atoms with van der Waals surface area (Å²) in [7, 11) is -3.25. The minimum atomic E-state index is -3.25. The SMILES string of the molecule is CCc1ccc([C@@H]2[C@H](S(C)(=O)=O)[C@]2(N)CO)cc1. The van der Waals surface area contributed by atoms with Crippen LogP contribution in [-0.2, 0) is 16.3 Å². The standard InChI is InChI=1S/C13H19NO3S/c1-3-9-4-6-10(7-5-9)11-12(18(2,16)17)13(11,14)8-15/h4-7,11-12,15H,3,8,14H2,1-2H3/t11-,12+,13+/m1/s1. The fourth-order valence-corrected chi connectivity index (χ4v) is 4.55. The van der Waals surface area contributed by atoms with Gasteiger partial charge < -0.3 is 10.8 Å². The fraction of sp³-hybridized carbons (Fsp3) is 0.538. The van der Waals surface area contributed by atoms with E-state index in [9.17, 15) is 13.5 Å². The average molecular weight is 269 g/mol. The molecule has 1 aliphatic rings. The van der Waals surface area contributed by atoms with E-state index in [-0.39, 0.29) is 12.5 Å². The van der Waals surface area contributed by atoms with Gasteiger partial charge >= 0.3 is 0 Å². The van der Waals surface area contributed by atoms with Crippen molar-refractivity contribution in [2.24, 2.45) is 5.73 Å². The molecule has 18 heavy (non-hydrogen) atoms. The van der Waals surface area contributed by atoms with Crippen LogP contribution in [0.15, 0.2) is 24.3 Å². The molecular formula is C13H19NO3S. The van der Waals surface area contributed by atoms with E-state index in [0.29, 0.717) is 0 Å². The Kier molecular flexibility index (Phi) is 3.25. The van der Waals surface area contributed by atoms with Gasteiger partial charge in [-0.05, 0) is 17.5 Å². The van der Waals surface area contributed by atoms with Gasteiger partial charge in [0.2, 0.25) is 0 Å². The molecule has 1 saturated carbocycles. The quantitative estimate of drug-likeness (QED) is 0.831. The third-order valence-electron chi connectivity index (χ3n) is 3.78. The van der Waals surface area contributed by atoms with Crippen molar-refractivity contribution in [3.8, 4) is 0 Å². The first-order chi connectivity index (χ1) is 8.34. The van der Waals surface area contributed by atoms with Gasteiger partial charge in [0.15, 0.2) is 9.84 Å². The van der Waals surface area contributed by atoms with Crippen LogP contribution in [-0.4, -0.2) is 37.2 Å². The molecule has 1 aromatic carbocycles. The maximum absolute atomic E-state index is 11.7. The van der Waals surface area contributed by atoms with Gasteiger partial charge in [0.1, 0.15) is 0 Å². The molecule has 3 N–H and O–H groups in total. The molecule has 0 spiro atoms. The summed E-state index contributed by atoms with van der Waals surface area (Å²) in [6.45, 7) is 1.75. The third kappa shape index (κ3) is 2.06. The average Bonchev–Trinajstić information content (AvgIpc) is 2.97. The maximum Gasteiger partial charge on any atom is 0.152 e. The second kappa shape index (κ2) is 4.33. The number of aliphatic hydroxyl groups excluding tert-OH is 1. The Morgan fingerprint density at radius 3 is 2.22 bits per heavy atom. The van der Waals surface area contributed by atoms with Crippen LogP contribution in [0, 0.1) is 0 Å². The monoisotopic (exact) mass is 269 g/mol. The van der Waals surface area contributed by atoms with Crippen LogP contribution in [0.1, 0.15) is 24.0 Å². The highest BCUT2D eigenvalue weighted by atomic mass is 32.2. The Labute approximate surface area is 108 Å². The van der Waals surface area contributed by atoms with Crippen molar-refractivity contribution in [1.82, 2.24) is 0 Å². The van der Waals surface area contributed by atoms with Crippen molar-refractivity contribution in [1.29, 1.82) is 0 Å². The topological polar surface area (TPSA) is 80.4 Å². The Bertz CT molecular complexity index is 538. The lowest BCUT2D eigenvalue weighted by atomic mass is 10.0. The zero-order valence-corrected chi connectivity index (χ0v) is 11.4. The number of rotatable bonds is 4. The van der Waals surface area contributed by atoms with Crippen molar-refractivity contribution in [2.75, 3.05) is 12.9 Å². The number of hydrogen-bond donors (Lipinski definition) is 2. The predicted octanol–water partition coefficient (Wildman–Crippen LogP) is 0.449. The highest BCUT2D eigenvalue weighted by Crippen LogP contribution is 2.53. The van der Waals surface area contributed by atoms with Crippen LogP contribution in [0.25, 0.3) is 0 Å². The second-order valence-electron chi connectivity index (χ2n) is 5.09. The molecule has 5 heteroatoms. The summed E-state index contributed by atoms with van der Waals surface area (Å²) in [4.78, 5) is 0. The molecule has 0 unspecified atom stereocenters. The van der Waals surface area contributed by atoms with Gasteiger partial charge in [0.25, 0.3) is 0 Å². The minimum absolute atomic E-state index is 0.302. The van der Waals surface area contributed by atoms with Gasteiger partial charge in [-0.25, -0.2) is 8.42 Å². The number of nitrogens with two attached hydrogens (primary N) is 1. The number of benzene rings is 1. The summed E-state index contributed by atoms with van der Waals surface area (Å²) >= 11 is 0. The Morgan fingerprint density at radius 2 is 1.89 bits per heavy atom. The molecular weight excluding hydrogens is 250 g/mol. The third-order valence-corrected chi connectivity index (χ3v) is 5.42. The highest BCUT2D eigenvalue weighted by Gasteiger charge is 2.67. The molecule has 3 atom stereocenters. The minimum Gasteiger partial charge on any atom is -0.394 e.